The molecule has 1 aliphatic heterocycles. The molecule has 0 aliphatic carbocycles. The van der Waals surface area contributed by atoms with Crippen LogP contribution in [0.25, 0.3) is 0 Å². The van der Waals surface area contributed by atoms with E-state index >= 15 is 0 Å². The van der Waals surface area contributed by atoms with Crippen LogP contribution in [0, 0.1) is 23.1 Å². The molecule has 150 valence electrons. The molecule has 2 heterocycles. The summed E-state index contributed by atoms with van der Waals surface area (Å²) in [7, 11) is 0. The molecule has 1 N–H and O–H groups in total. The second-order valence-corrected chi connectivity index (χ2v) is 7.24. The molecule has 6 nitrogen and oxygen atoms in total. The first-order valence-electron chi connectivity index (χ1n) is 9.70. The second-order valence-electron chi connectivity index (χ2n) is 7.24. The van der Waals surface area contributed by atoms with E-state index in [1.807, 2.05) is 18.2 Å². The van der Waals surface area contributed by atoms with Crippen molar-refractivity contribution in [2.24, 2.45) is 5.92 Å². The van der Waals surface area contributed by atoms with Crippen molar-refractivity contribution >= 4 is 11.8 Å². The molecule has 0 unspecified atom stereocenters. The molecular formula is C22H23FN4O2. The van der Waals surface area contributed by atoms with Gasteiger partial charge in [0.2, 0.25) is 5.91 Å². The van der Waals surface area contributed by atoms with Crippen molar-refractivity contribution in [3.63, 3.8) is 0 Å². The van der Waals surface area contributed by atoms with Gasteiger partial charge >= 0.3 is 0 Å². The van der Waals surface area contributed by atoms with Gasteiger partial charge in [0.1, 0.15) is 5.82 Å². The molecule has 7 heteroatoms. The molecule has 1 saturated heterocycles. The van der Waals surface area contributed by atoms with E-state index in [2.05, 4.69) is 10.3 Å². The monoisotopic (exact) mass is 394 g/mol. The van der Waals surface area contributed by atoms with Crippen molar-refractivity contribution in [2.75, 3.05) is 19.6 Å². The van der Waals surface area contributed by atoms with Gasteiger partial charge in [0.05, 0.1) is 11.6 Å². The van der Waals surface area contributed by atoms with E-state index in [1.54, 1.807) is 17.3 Å². The summed E-state index contributed by atoms with van der Waals surface area (Å²) < 4.78 is 13.6. The fourth-order valence-electron chi connectivity index (χ4n) is 3.45. The van der Waals surface area contributed by atoms with Gasteiger partial charge in [-0.15, -0.1) is 0 Å². The Balaban J connectivity index is 1.42. The lowest BCUT2D eigenvalue weighted by atomic mass is 9.96. The quantitative estimate of drug-likeness (QED) is 0.816. The van der Waals surface area contributed by atoms with E-state index in [9.17, 15) is 14.0 Å². The zero-order valence-electron chi connectivity index (χ0n) is 16.1. The summed E-state index contributed by atoms with van der Waals surface area (Å²) in [5, 5.41) is 11.9. The van der Waals surface area contributed by atoms with Crippen LogP contribution in [0.5, 0.6) is 0 Å². The fourth-order valence-corrected chi connectivity index (χ4v) is 3.45. The highest BCUT2D eigenvalue weighted by Gasteiger charge is 2.24. The Morgan fingerprint density at radius 3 is 2.62 bits per heavy atom. The van der Waals surface area contributed by atoms with E-state index in [1.165, 1.54) is 6.07 Å². The van der Waals surface area contributed by atoms with Crippen LogP contribution in [0.4, 0.5) is 4.39 Å². The number of nitrogens with one attached hydrogen (secondary N) is 1. The van der Waals surface area contributed by atoms with Gasteiger partial charge in [-0.1, -0.05) is 0 Å². The number of halogens is 1. The minimum atomic E-state index is -0.586. The number of amides is 2. The van der Waals surface area contributed by atoms with Crippen LogP contribution in [0.1, 0.15) is 40.7 Å². The van der Waals surface area contributed by atoms with E-state index in [0.717, 1.165) is 30.5 Å². The highest BCUT2D eigenvalue weighted by atomic mass is 19.1. The Hall–Kier alpha value is -3.27. The van der Waals surface area contributed by atoms with Crippen molar-refractivity contribution in [3.8, 4) is 6.07 Å². The van der Waals surface area contributed by atoms with Gasteiger partial charge in [0, 0.05) is 44.0 Å². The number of hydrogen-bond acceptors (Lipinski definition) is 4. The summed E-state index contributed by atoms with van der Waals surface area (Å²) in [4.78, 5) is 30.3. The van der Waals surface area contributed by atoms with Crippen LogP contribution in [0.15, 0.2) is 42.7 Å². The Labute approximate surface area is 169 Å². The number of rotatable bonds is 6. The first kappa shape index (κ1) is 20.5. The van der Waals surface area contributed by atoms with E-state index < -0.39 is 5.82 Å². The van der Waals surface area contributed by atoms with Crippen LogP contribution < -0.4 is 5.32 Å². The summed E-state index contributed by atoms with van der Waals surface area (Å²) in [6.07, 6.45) is 6.09. The van der Waals surface area contributed by atoms with E-state index in [0.29, 0.717) is 38.4 Å². The van der Waals surface area contributed by atoms with Crippen LogP contribution in [0.2, 0.25) is 0 Å². The highest BCUT2D eigenvalue weighted by Crippen LogP contribution is 2.19. The number of likely N-dealkylation sites (tertiary alicyclic amines) is 1. The van der Waals surface area contributed by atoms with Crippen molar-refractivity contribution in [1.29, 1.82) is 5.26 Å². The SMILES string of the molecule is N#Cc1cc(F)cc(C(=O)N2CCC(CNC(=O)CCc3ccncc3)CC2)c1. The van der Waals surface area contributed by atoms with Crippen LogP contribution in [-0.4, -0.2) is 41.3 Å². The average molecular weight is 394 g/mol. The number of hydrogen-bond donors (Lipinski definition) is 1. The van der Waals surface area contributed by atoms with Gasteiger partial charge in [0.15, 0.2) is 0 Å². The minimum Gasteiger partial charge on any atom is -0.356 e. The van der Waals surface area contributed by atoms with Crippen molar-refractivity contribution < 1.29 is 14.0 Å². The number of aromatic nitrogens is 1. The van der Waals surface area contributed by atoms with E-state index in [4.69, 9.17) is 5.26 Å². The number of carbonyl (C=O) groups is 2. The Kier molecular flexibility index (Phi) is 6.90. The predicted octanol–water partition coefficient (Wildman–Crippen LogP) is 2.69. The summed E-state index contributed by atoms with van der Waals surface area (Å²) in [5.41, 5.74) is 1.42. The molecule has 1 aliphatic rings. The molecule has 1 aromatic heterocycles. The lowest BCUT2D eigenvalue weighted by Crippen LogP contribution is -2.41. The molecule has 2 aromatic rings. The summed E-state index contributed by atoms with van der Waals surface area (Å²) in [5.74, 6) is -0.521. The number of piperidine rings is 1. The molecular weight excluding hydrogens is 371 g/mol. The van der Waals surface area contributed by atoms with Gasteiger partial charge in [-0.05, 0) is 61.1 Å². The normalized spacial score (nSPS) is 14.3. The van der Waals surface area contributed by atoms with E-state index in [-0.39, 0.29) is 22.9 Å². The average Bonchev–Trinajstić information content (AvgIpc) is 2.76. The van der Waals surface area contributed by atoms with Crippen molar-refractivity contribution in [1.82, 2.24) is 15.2 Å². The zero-order chi connectivity index (χ0) is 20.6. The summed E-state index contributed by atoms with van der Waals surface area (Å²) in [6, 6.07) is 9.36. The van der Waals surface area contributed by atoms with Crippen molar-refractivity contribution in [3.05, 3.63) is 65.2 Å². The molecule has 0 bridgehead atoms. The summed E-state index contributed by atoms with van der Waals surface area (Å²) in [6.45, 7) is 1.69. The van der Waals surface area contributed by atoms with Crippen LogP contribution in [-0.2, 0) is 11.2 Å². The Bertz CT molecular complexity index is 903. The smallest absolute Gasteiger partial charge is 0.254 e. The van der Waals surface area contributed by atoms with Crippen molar-refractivity contribution in [2.45, 2.75) is 25.7 Å². The predicted molar refractivity (Wildman–Crippen MR) is 105 cm³/mol. The fraction of sp³-hybridized carbons (Fsp3) is 0.364. The number of aryl methyl sites for hydroxylation is 1. The van der Waals surface area contributed by atoms with Gasteiger partial charge in [0.25, 0.3) is 5.91 Å². The number of pyridine rings is 1. The molecule has 1 aromatic carbocycles. The third-order valence-corrected chi connectivity index (χ3v) is 5.15. The maximum absolute atomic E-state index is 13.6. The number of nitrogens with zero attached hydrogens (tertiary/aromatic N) is 3. The lowest BCUT2D eigenvalue weighted by Gasteiger charge is -2.32. The Morgan fingerprint density at radius 2 is 1.93 bits per heavy atom. The third kappa shape index (κ3) is 5.85. The Morgan fingerprint density at radius 1 is 1.21 bits per heavy atom. The standard InChI is InChI=1S/C22H23FN4O2/c23-20-12-18(14-24)11-19(13-20)22(29)27-9-5-17(6-10-27)15-26-21(28)2-1-16-3-7-25-8-4-16/h3-4,7-8,11-13,17H,1-2,5-6,9-10,15H2,(H,26,28). The second kappa shape index (κ2) is 9.78. The largest absolute Gasteiger partial charge is 0.356 e. The van der Waals surface area contributed by atoms with Gasteiger partial charge in [-0.25, -0.2) is 4.39 Å². The summed E-state index contributed by atoms with van der Waals surface area (Å²) >= 11 is 0. The maximum Gasteiger partial charge on any atom is 0.254 e. The minimum absolute atomic E-state index is 0.0177. The van der Waals surface area contributed by atoms with Gasteiger partial charge in [-0.3, -0.25) is 14.6 Å². The lowest BCUT2D eigenvalue weighted by molar-refractivity contribution is -0.121. The third-order valence-electron chi connectivity index (χ3n) is 5.15. The zero-order valence-corrected chi connectivity index (χ0v) is 16.1. The number of benzene rings is 1. The molecule has 0 saturated carbocycles. The molecule has 3 rings (SSSR count). The molecule has 1 fully saturated rings. The first-order chi connectivity index (χ1) is 14.0. The van der Waals surface area contributed by atoms with Crippen LogP contribution in [0.3, 0.4) is 0 Å². The maximum atomic E-state index is 13.6. The topological polar surface area (TPSA) is 86.1 Å². The molecule has 0 atom stereocenters. The molecule has 0 spiro atoms. The number of nitriles is 1. The molecule has 2 amide bonds. The van der Waals surface area contributed by atoms with Crippen LogP contribution >= 0.6 is 0 Å². The molecule has 29 heavy (non-hydrogen) atoms. The highest BCUT2D eigenvalue weighted by molar-refractivity contribution is 5.94. The van der Waals surface area contributed by atoms with Gasteiger partial charge < -0.3 is 10.2 Å². The first-order valence-corrected chi connectivity index (χ1v) is 9.70. The number of carbonyl (C=O) groups excluding carboxylic acids is 2. The van der Waals surface area contributed by atoms with Gasteiger partial charge in [-0.2, -0.15) is 5.26 Å². The molecule has 0 radical (unpaired) electrons.